The summed E-state index contributed by atoms with van der Waals surface area (Å²) in [5, 5.41) is 0.344. The molecule has 0 saturated carbocycles. The van der Waals surface area contributed by atoms with Crippen molar-refractivity contribution in [3.8, 4) is 5.75 Å². The van der Waals surface area contributed by atoms with Crippen LogP contribution in [0.4, 0.5) is 14.5 Å². The Kier molecular flexibility index (Phi) is 4.73. The van der Waals surface area contributed by atoms with E-state index in [1.807, 2.05) is 0 Å². The van der Waals surface area contributed by atoms with Gasteiger partial charge in [0, 0.05) is 5.69 Å². The highest BCUT2D eigenvalue weighted by molar-refractivity contribution is 9.10. The van der Waals surface area contributed by atoms with Crippen LogP contribution in [0.1, 0.15) is 5.56 Å². The number of nitrogen functional groups attached to an aromatic ring is 1. The van der Waals surface area contributed by atoms with Gasteiger partial charge in [-0.2, -0.15) is 0 Å². The molecule has 20 heavy (non-hydrogen) atoms. The van der Waals surface area contributed by atoms with E-state index in [0.717, 1.165) is 6.07 Å². The molecule has 0 radical (unpaired) electrons. The molecule has 2 aromatic carbocycles. The molecule has 2 rings (SSSR count). The molecule has 2 nitrogen and oxygen atoms in total. The quantitative estimate of drug-likeness (QED) is 0.585. The van der Waals surface area contributed by atoms with Gasteiger partial charge in [-0.1, -0.05) is 23.2 Å². The fourth-order valence-corrected chi connectivity index (χ4v) is 2.55. The number of hydrogen-bond acceptors (Lipinski definition) is 2. The summed E-state index contributed by atoms with van der Waals surface area (Å²) < 4.78 is 32.8. The van der Waals surface area contributed by atoms with Crippen molar-refractivity contribution in [1.29, 1.82) is 0 Å². The highest BCUT2D eigenvalue weighted by atomic mass is 79.9. The number of benzene rings is 2. The summed E-state index contributed by atoms with van der Waals surface area (Å²) in [6.45, 7) is -0.347. The predicted octanol–water partition coefficient (Wildman–Crippen LogP) is 5.20. The van der Waals surface area contributed by atoms with Crippen molar-refractivity contribution in [3.05, 3.63) is 56.0 Å². The minimum atomic E-state index is -0.729. The standard InChI is InChI=1S/C13H8BrCl2F2NO/c14-8-1-2-11(17)7(12(8)18)5-20-13-9(15)3-6(19)4-10(13)16/h1-4H,5,19H2. The monoisotopic (exact) mass is 381 g/mol. The second-order valence-electron chi connectivity index (χ2n) is 3.92. The molecule has 0 bridgehead atoms. The van der Waals surface area contributed by atoms with E-state index in [0.29, 0.717) is 5.69 Å². The van der Waals surface area contributed by atoms with Crippen molar-refractivity contribution in [2.75, 3.05) is 5.73 Å². The molecule has 2 aromatic rings. The van der Waals surface area contributed by atoms with Crippen LogP contribution >= 0.6 is 39.1 Å². The second-order valence-corrected chi connectivity index (χ2v) is 5.59. The van der Waals surface area contributed by atoms with Crippen molar-refractivity contribution in [1.82, 2.24) is 0 Å². The fourth-order valence-electron chi connectivity index (χ4n) is 1.56. The Balaban J connectivity index is 2.28. The maximum atomic E-state index is 13.8. The van der Waals surface area contributed by atoms with Gasteiger partial charge in [-0.05, 0) is 40.2 Å². The number of rotatable bonds is 3. The zero-order valence-corrected chi connectivity index (χ0v) is 13.0. The summed E-state index contributed by atoms with van der Waals surface area (Å²) in [5.74, 6) is -1.32. The van der Waals surface area contributed by atoms with Gasteiger partial charge in [0.25, 0.3) is 0 Å². The Bertz CT molecular complexity index is 644. The molecule has 0 aliphatic heterocycles. The smallest absolute Gasteiger partial charge is 0.157 e. The van der Waals surface area contributed by atoms with E-state index in [1.54, 1.807) is 0 Å². The third-order valence-electron chi connectivity index (χ3n) is 2.52. The zero-order chi connectivity index (χ0) is 14.9. The van der Waals surface area contributed by atoms with E-state index in [9.17, 15) is 8.78 Å². The van der Waals surface area contributed by atoms with Gasteiger partial charge in [0.05, 0.1) is 20.1 Å². The first-order chi connectivity index (χ1) is 9.40. The molecule has 0 aromatic heterocycles. The van der Waals surface area contributed by atoms with Crippen molar-refractivity contribution >= 4 is 44.8 Å². The average molecular weight is 383 g/mol. The first-order valence-electron chi connectivity index (χ1n) is 5.40. The van der Waals surface area contributed by atoms with E-state index in [1.165, 1.54) is 18.2 Å². The van der Waals surface area contributed by atoms with Crippen LogP contribution in [0, 0.1) is 11.6 Å². The lowest BCUT2D eigenvalue weighted by atomic mass is 10.2. The zero-order valence-electron chi connectivity index (χ0n) is 9.89. The summed E-state index contributed by atoms with van der Waals surface area (Å²) in [7, 11) is 0. The van der Waals surface area contributed by atoms with Gasteiger partial charge in [-0.15, -0.1) is 0 Å². The van der Waals surface area contributed by atoms with Crippen molar-refractivity contribution < 1.29 is 13.5 Å². The van der Waals surface area contributed by atoms with Gasteiger partial charge < -0.3 is 10.5 Å². The average Bonchev–Trinajstić information content (AvgIpc) is 2.36. The lowest BCUT2D eigenvalue weighted by Crippen LogP contribution is -2.03. The lowest BCUT2D eigenvalue weighted by Gasteiger charge is -2.12. The molecule has 0 aliphatic rings. The van der Waals surface area contributed by atoms with Crippen LogP contribution in [-0.4, -0.2) is 0 Å². The van der Waals surface area contributed by atoms with Crippen molar-refractivity contribution in [3.63, 3.8) is 0 Å². The summed E-state index contributed by atoms with van der Waals surface area (Å²) in [6.07, 6.45) is 0. The number of ether oxygens (including phenoxy) is 1. The molecule has 0 saturated heterocycles. The van der Waals surface area contributed by atoms with E-state index in [2.05, 4.69) is 15.9 Å². The first kappa shape index (κ1) is 15.4. The van der Waals surface area contributed by atoms with Gasteiger partial charge >= 0.3 is 0 Å². The molecule has 0 heterocycles. The third-order valence-corrected chi connectivity index (χ3v) is 3.69. The van der Waals surface area contributed by atoms with E-state index < -0.39 is 11.6 Å². The molecular formula is C13H8BrCl2F2NO. The number of halogens is 5. The van der Waals surface area contributed by atoms with Gasteiger partial charge in [0.2, 0.25) is 0 Å². The van der Waals surface area contributed by atoms with E-state index >= 15 is 0 Å². The SMILES string of the molecule is Nc1cc(Cl)c(OCc2c(F)ccc(Br)c2F)c(Cl)c1. The Morgan fingerprint density at radius 1 is 1.15 bits per heavy atom. The lowest BCUT2D eigenvalue weighted by molar-refractivity contribution is 0.292. The minimum Gasteiger partial charge on any atom is -0.486 e. The van der Waals surface area contributed by atoms with Crippen molar-refractivity contribution in [2.45, 2.75) is 6.61 Å². The summed E-state index contributed by atoms with van der Waals surface area (Å²) in [6, 6.07) is 5.29. The molecule has 0 fully saturated rings. The molecular weight excluding hydrogens is 375 g/mol. The van der Waals surface area contributed by atoms with Crippen LogP contribution < -0.4 is 10.5 Å². The molecule has 0 unspecified atom stereocenters. The molecule has 2 N–H and O–H groups in total. The Hall–Kier alpha value is -1.04. The Labute approximate surface area is 132 Å². The summed E-state index contributed by atoms with van der Waals surface area (Å²) in [5.41, 5.74) is 5.70. The molecule has 106 valence electrons. The Morgan fingerprint density at radius 3 is 2.35 bits per heavy atom. The summed E-state index contributed by atoms with van der Waals surface area (Å²) >= 11 is 14.8. The number of nitrogens with two attached hydrogens (primary N) is 1. The highest BCUT2D eigenvalue weighted by Gasteiger charge is 2.15. The molecule has 0 spiro atoms. The minimum absolute atomic E-state index is 0.126. The van der Waals surface area contributed by atoms with E-state index in [4.69, 9.17) is 33.7 Å². The van der Waals surface area contributed by atoms with Crippen LogP contribution in [0.25, 0.3) is 0 Å². The van der Waals surface area contributed by atoms with Gasteiger partial charge in [-0.25, -0.2) is 8.78 Å². The van der Waals surface area contributed by atoms with Crippen molar-refractivity contribution in [2.24, 2.45) is 0 Å². The normalized spacial score (nSPS) is 10.7. The molecule has 7 heteroatoms. The van der Waals surface area contributed by atoms with Gasteiger partial charge in [0.15, 0.2) is 5.75 Å². The predicted molar refractivity (Wildman–Crippen MR) is 79.3 cm³/mol. The maximum absolute atomic E-state index is 13.8. The fraction of sp³-hybridized carbons (Fsp3) is 0.0769. The Morgan fingerprint density at radius 2 is 1.75 bits per heavy atom. The molecule has 0 aliphatic carbocycles. The largest absolute Gasteiger partial charge is 0.486 e. The second kappa shape index (κ2) is 6.16. The third kappa shape index (κ3) is 3.16. The van der Waals surface area contributed by atoms with Gasteiger partial charge in [-0.3, -0.25) is 0 Å². The molecule has 0 atom stereocenters. The van der Waals surface area contributed by atoms with E-state index in [-0.39, 0.29) is 32.4 Å². The van der Waals surface area contributed by atoms with Crippen LogP contribution in [-0.2, 0) is 6.61 Å². The van der Waals surface area contributed by atoms with Gasteiger partial charge in [0.1, 0.15) is 18.2 Å². The number of hydrogen-bond donors (Lipinski definition) is 1. The molecule has 0 amide bonds. The first-order valence-corrected chi connectivity index (χ1v) is 6.94. The van der Waals surface area contributed by atoms with Crippen LogP contribution in [0.2, 0.25) is 10.0 Å². The maximum Gasteiger partial charge on any atom is 0.157 e. The summed E-state index contributed by atoms with van der Waals surface area (Å²) in [4.78, 5) is 0. The van der Waals surface area contributed by atoms with Crippen LogP contribution in [0.5, 0.6) is 5.75 Å². The van der Waals surface area contributed by atoms with Crippen LogP contribution in [0.3, 0.4) is 0 Å². The number of anilines is 1. The topological polar surface area (TPSA) is 35.2 Å². The van der Waals surface area contributed by atoms with Crippen LogP contribution in [0.15, 0.2) is 28.7 Å². The highest BCUT2D eigenvalue weighted by Crippen LogP contribution is 2.36.